The molecule has 0 spiro atoms. The summed E-state index contributed by atoms with van der Waals surface area (Å²) in [4.78, 5) is 11.3. The van der Waals surface area contributed by atoms with Crippen LogP contribution in [-0.4, -0.2) is 19.5 Å². The fourth-order valence-electron chi connectivity index (χ4n) is 1.29. The van der Waals surface area contributed by atoms with E-state index >= 15 is 0 Å². The lowest BCUT2D eigenvalue weighted by molar-refractivity contribution is 0.0963. The molecule has 15 heavy (non-hydrogen) atoms. The molecule has 1 aromatic carbocycles. The summed E-state index contributed by atoms with van der Waals surface area (Å²) in [5, 5.41) is 5.66. The van der Waals surface area contributed by atoms with E-state index < -0.39 is 0 Å². The molecular formula is C12H14N2O. The number of benzene rings is 1. The molecule has 3 nitrogen and oxygen atoms in total. The summed E-state index contributed by atoms with van der Waals surface area (Å²) in [5.74, 6) is 2.42. The van der Waals surface area contributed by atoms with Crippen molar-refractivity contribution >= 4 is 11.6 Å². The second-order valence-electron chi connectivity index (χ2n) is 3.17. The number of amides is 1. The summed E-state index contributed by atoms with van der Waals surface area (Å²) in [6.07, 6.45) is 5.15. The monoisotopic (exact) mass is 202 g/mol. The lowest BCUT2D eigenvalue weighted by Gasteiger charge is -2.08. The highest BCUT2D eigenvalue weighted by atomic mass is 16.1. The van der Waals surface area contributed by atoms with Gasteiger partial charge in [0.2, 0.25) is 0 Å². The van der Waals surface area contributed by atoms with Crippen LogP contribution < -0.4 is 10.6 Å². The van der Waals surface area contributed by atoms with Gasteiger partial charge in [-0.25, -0.2) is 0 Å². The van der Waals surface area contributed by atoms with Crippen molar-refractivity contribution in [3.05, 3.63) is 29.3 Å². The molecule has 0 bridgehead atoms. The Balaban J connectivity index is 2.89. The Kier molecular flexibility index (Phi) is 3.75. The van der Waals surface area contributed by atoms with E-state index in [1.807, 2.05) is 19.1 Å². The summed E-state index contributed by atoms with van der Waals surface area (Å²) in [6, 6.07) is 5.46. The fraction of sp³-hybridized carbons (Fsp3) is 0.250. The van der Waals surface area contributed by atoms with Crippen molar-refractivity contribution in [3.8, 4) is 12.3 Å². The Morgan fingerprint density at radius 1 is 1.53 bits per heavy atom. The van der Waals surface area contributed by atoms with Crippen molar-refractivity contribution in [2.45, 2.75) is 6.92 Å². The van der Waals surface area contributed by atoms with Gasteiger partial charge in [-0.2, -0.15) is 0 Å². The Hall–Kier alpha value is -1.95. The maximum atomic E-state index is 11.3. The van der Waals surface area contributed by atoms with Crippen molar-refractivity contribution in [2.75, 3.05) is 18.9 Å². The number of carbonyl (C=O) groups is 1. The Morgan fingerprint density at radius 3 is 2.80 bits per heavy atom. The number of hydrogen-bond donors (Lipinski definition) is 2. The van der Waals surface area contributed by atoms with Gasteiger partial charge in [0.25, 0.3) is 5.91 Å². The van der Waals surface area contributed by atoms with Gasteiger partial charge in [0.1, 0.15) is 0 Å². The van der Waals surface area contributed by atoms with Crippen molar-refractivity contribution in [1.82, 2.24) is 5.32 Å². The van der Waals surface area contributed by atoms with Crippen LogP contribution in [-0.2, 0) is 0 Å². The molecule has 0 aliphatic heterocycles. The molecule has 0 fully saturated rings. The predicted molar refractivity (Wildman–Crippen MR) is 61.9 cm³/mol. The van der Waals surface area contributed by atoms with E-state index in [0.29, 0.717) is 12.1 Å². The highest BCUT2D eigenvalue weighted by Gasteiger charge is 2.04. The van der Waals surface area contributed by atoms with Crippen LogP contribution in [0.25, 0.3) is 0 Å². The van der Waals surface area contributed by atoms with Gasteiger partial charge < -0.3 is 10.6 Å². The van der Waals surface area contributed by atoms with Crippen molar-refractivity contribution in [2.24, 2.45) is 0 Å². The molecule has 0 aliphatic carbocycles. The quantitative estimate of drug-likeness (QED) is 0.727. The minimum absolute atomic E-state index is 0.0819. The minimum Gasteiger partial charge on any atom is -0.374 e. The highest BCUT2D eigenvalue weighted by molar-refractivity contribution is 5.94. The number of rotatable bonds is 3. The van der Waals surface area contributed by atoms with Crippen LogP contribution in [0.4, 0.5) is 5.69 Å². The molecule has 1 rings (SSSR count). The molecule has 1 aromatic rings. The molecule has 1 amide bonds. The van der Waals surface area contributed by atoms with E-state index in [4.69, 9.17) is 6.42 Å². The SMILES string of the molecule is C#CCNc1ccc(C(=O)NC)cc1C. The maximum absolute atomic E-state index is 11.3. The number of carbonyl (C=O) groups excluding carboxylic acids is 1. The smallest absolute Gasteiger partial charge is 0.251 e. The zero-order valence-electron chi connectivity index (χ0n) is 8.92. The second kappa shape index (κ2) is 5.06. The number of hydrogen-bond acceptors (Lipinski definition) is 2. The molecule has 0 heterocycles. The minimum atomic E-state index is -0.0819. The van der Waals surface area contributed by atoms with Crippen LogP contribution in [0.3, 0.4) is 0 Å². The second-order valence-corrected chi connectivity index (χ2v) is 3.17. The van der Waals surface area contributed by atoms with Crippen LogP contribution in [0.5, 0.6) is 0 Å². The molecule has 0 aliphatic rings. The van der Waals surface area contributed by atoms with E-state index in [1.165, 1.54) is 0 Å². The van der Waals surface area contributed by atoms with Gasteiger partial charge in [-0.3, -0.25) is 4.79 Å². The number of terminal acetylenes is 1. The summed E-state index contributed by atoms with van der Waals surface area (Å²) < 4.78 is 0. The molecule has 0 saturated heterocycles. The molecule has 3 heteroatoms. The number of aryl methyl sites for hydroxylation is 1. The summed E-state index contributed by atoms with van der Waals surface area (Å²) >= 11 is 0. The molecule has 78 valence electrons. The molecule has 0 saturated carbocycles. The van der Waals surface area contributed by atoms with Gasteiger partial charge in [0.05, 0.1) is 6.54 Å². The predicted octanol–water partition coefficient (Wildman–Crippen LogP) is 1.40. The van der Waals surface area contributed by atoms with Gasteiger partial charge in [-0.15, -0.1) is 6.42 Å². The first-order chi connectivity index (χ1) is 7.19. The summed E-state index contributed by atoms with van der Waals surface area (Å²) in [7, 11) is 1.61. The van der Waals surface area contributed by atoms with Gasteiger partial charge in [0.15, 0.2) is 0 Å². The molecular weight excluding hydrogens is 188 g/mol. The van der Waals surface area contributed by atoms with E-state index in [9.17, 15) is 4.79 Å². The molecule has 0 aromatic heterocycles. The standard InChI is InChI=1S/C12H14N2O/c1-4-7-14-11-6-5-10(8-9(11)2)12(15)13-3/h1,5-6,8,14H,7H2,2-3H3,(H,13,15). The number of nitrogens with one attached hydrogen (secondary N) is 2. The van der Waals surface area contributed by atoms with Crippen molar-refractivity contribution in [1.29, 1.82) is 0 Å². The van der Waals surface area contributed by atoms with Crippen molar-refractivity contribution in [3.63, 3.8) is 0 Å². The van der Waals surface area contributed by atoms with Gasteiger partial charge in [-0.1, -0.05) is 5.92 Å². The Bertz CT molecular complexity index is 405. The first-order valence-corrected chi connectivity index (χ1v) is 4.69. The third-order valence-corrected chi connectivity index (χ3v) is 2.10. The average molecular weight is 202 g/mol. The molecule has 2 N–H and O–H groups in total. The first-order valence-electron chi connectivity index (χ1n) is 4.69. The van der Waals surface area contributed by atoms with E-state index in [2.05, 4.69) is 16.6 Å². The lowest BCUT2D eigenvalue weighted by Crippen LogP contribution is -2.17. The van der Waals surface area contributed by atoms with Gasteiger partial charge in [-0.05, 0) is 30.7 Å². The van der Waals surface area contributed by atoms with E-state index in [1.54, 1.807) is 13.1 Å². The highest BCUT2D eigenvalue weighted by Crippen LogP contribution is 2.15. The van der Waals surface area contributed by atoms with Crippen LogP contribution in [0.2, 0.25) is 0 Å². The lowest BCUT2D eigenvalue weighted by atomic mass is 10.1. The third kappa shape index (κ3) is 2.75. The molecule has 0 radical (unpaired) electrons. The maximum Gasteiger partial charge on any atom is 0.251 e. The summed E-state index contributed by atoms with van der Waals surface area (Å²) in [6.45, 7) is 2.42. The van der Waals surface area contributed by atoms with Crippen LogP contribution in [0.1, 0.15) is 15.9 Å². The molecule has 0 unspecified atom stereocenters. The molecule has 0 atom stereocenters. The largest absolute Gasteiger partial charge is 0.374 e. The van der Waals surface area contributed by atoms with Crippen LogP contribution >= 0.6 is 0 Å². The topological polar surface area (TPSA) is 41.1 Å². The zero-order valence-corrected chi connectivity index (χ0v) is 8.92. The van der Waals surface area contributed by atoms with Gasteiger partial charge >= 0.3 is 0 Å². The van der Waals surface area contributed by atoms with E-state index in [0.717, 1.165) is 11.3 Å². The van der Waals surface area contributed by atoms with E-state index in [-0.39, 0.29) is 5.91 Å². The first kappa shape index (κ1) is 11.1. The van der Waals surface area contributed by atoms with Crippen LogP contribution in [0, 0.1) is 19.3 Å². The Morgan fingerprint density at radius 2 is 2.27 bits per heavy atom. The normalized spacial score (nSPS) is 9.13. The average Bonchev–Trinajstić information content (AvgIpc) is 2.26. The third-order valence-electron chi connectivity index (χ3n) is 2.10. The van der Waals surface area contributed by atoms with Crippen molar-refractivity contribution < 1.29 is 4.79 Å². The summed E-state index contributed by atoms with van der Waals surface area (Å²) in [5.41, 5.74) is 2.62. The Labute approximate surface area is 89.9 Å². The fourth-order valence-corrected chi connectivity index (χ4v) is 1.29. The van der Waals surface area contributed by atoms with Crippen LogP contribution in [0.15, 0.2) is 18.2 Å². The van der Waals surface area contributed by atoms with Gasteiger partial charge in [0, 0.05) is 18.3 Å². The number of anilines is 1. The zero-order chi connectivity index (χ0) is 11.3.